The van der Waals surface area contributed by atoms with Gasteiger partial charge < -0.3 is 18.6 Å². The fraction of sp³-hybridized carbons (Fsp3) is 0.108. The monoisotopic (exact) mass is 1050 g/mol. The van der Waals surface area contributed by atoms with Crippen molar-refractivity contribution in [3.63, 3.8) is 0 Å². The zero-order valence-corrected chi connectivity index (χ0v) is 46.2. The van der Waals surface area contributed by atoms with Crippen LogP contribution in [-0.4, -0.2) is 6.71 Å². The normalized spacial score (nSPS) is 13.7. The molecule has 384 valence electrons. The Hall–Kier alpha value is -8.97. The average molecular weight is 1050 g/mol. The zero-order valence-electron chi connectivity index (χ0n) is 49.4. The quantitative estimate of drug-likeness (QED) is 0.149. The molecule has 11 aromatic carbocycles. The van der Waals surface area contributed by atoms with Crippen LogP contribution in [0.25, 0.3) is 77.3 Å². The first-order chi connectivity index (χ1) is 40.6. The van der Waals surface area contributed by atoms with Crippen LogP contribution in [0.2, 0.25) is 0 Å². The largest absolute Gasteiger partial charge is 0.457 e. The van der Waals surface area contributed by atoms with E-state index in [1.807, 2.05) is 17.0 Å². The van der Waals surface area contributed by atoms with Crippen molar-refractivity contribution in [2.45, 2.75) is 62.2 Å². The number of para-hydroxylation sites is 4. The molecule has 80 heavy (non-hydrogen) atoms. The van der Waals surface area contributed by atoms with Crippen LogP contribution in [0.5, 0.6) is 0 Å². The third-order valence-electron chi connectivity index (χ3n) is 16.4. The Balaban J connectivity index is 1.11. The van der Waals surface area contributed by atoms with Gasteiger partial charge in [-0.15, -0.1) is 0 Å². The molecule has 2 aliphatic heterocycles. The SMILES string of the molecule is [2H]c1cc(N(c2ccc(C(C)(C)C)cc2)c2ccc3c(c2)N(c2c(-c4ccccc4)cccc2-c2ccccc2)c2cc(-c4ccc(C(C)(C)C)cc4)cc4c2B3c2c(c3oc5ccccc5c3c3c2oc2ccccc23)S4)c([2H])c([2H])c1[2H]. The maximum absolute atomic E-state index is 9.60. The van der Waals surface area contributed by atoms with Crippen LogP contribution in [0.3, 0.4) is 0 Å². The van der Waals surface area contributed by atoms with Gasteiger partial charge in [0.1, 0.15) is 22.3 Å². The molecule has 15 rings (SSSR count). The van der Waals surface area contributed by atoms with Crippen molar-refractivity contribution >= 4 is 113 Å². The van der Waals surface area contributed by atoms with E-state index >= 15 is 0 Å². The summed E-state index contributed by atoms with van der Waals surface area (Å²) in [5.41, 5.74) is 19.8. The minimum atomic E-state index is -0.387. The number of furan rings is 2. The first-order valence-corrected chi connectivity index (χ1v) is 28.3. The molecular formula is C74H57BN2O2S. The minimum Gasteiger partial charge on any atom is -0.457 e. The Morgan fingerprint density at radius 2 is 1.04 bits per heavy atom. The van der Waals surface area contributed by atoms with E-state index in [1.54, 1.807) is 17.8 Å². The van der Waals surface area contributed by atoms with Gasteiger partial charge in [-0.3, -0.25) is 0 Å². The van der Waals surface area contributed by atoms with Crippen LogP contribution < -0.4 is 26.2 Å². The van der Waals surface area contributed by atoms with Gasteiger partial charge in [-0.05, 0) is 121 Å². The summed E-state index contributed by atoms with van der Waals surface area (Å²) < 4.78 is 50.9. The van der Waals surface area contributed by atoms with Gasteiger partial charge in [0, 0.05) is 66.0 Å². The van der Waals surface area contributed by atoms with Crippen molar-refractivity contribution in [1.29, 1.82) is 0 Å². The molecule has 6 heteroatoms. The molecule has 0 atom stereocenters. The topological polar surface area (TPSA) is 32.8 Å². The number of nitrogens with zero attached hydrogens (tertiary/aromatic N) is 2. The molecular weight excluding hydrogens is 992 g/mol. The summed E-state index contributed by atoms with van der Waals surface area (Å²) in [6, 6.07) is 74.2. The molecule has 13 aromatic rings. The van der Waals surface area contributed by atoms with E-state index in [4.69, 9.17) is 12.9 Å². The van der Waals surface area contributed by atoms with Crippen molar-refractivity contribution in [1.82, 2.24) is 0 Å². The van der Waals surface area contributed by atoms with Crippen molar-refractivity contribution in [3.05, 3.63) is 248 Å². The van der Waals surface area contributed by atoms with Gasteiger partial charge >= 0.3 is 0 Å². The molecule has 2 aromatic heterocycles. The third-order valence-corrected chi connectivity index (χ3v) is 17.6. The fourth-order valence-electron chi connectivity index (χ4n) is 12.5. The van der Waals surface area contributed by atoms with Crippen LogP contribution in [0, 0.1) is 0 Å². The van der Waals surface area contributed by atoms with Crippen LogP contribution in [0.15, 0.2) is 255 Å². The van der Waals surface area contributed by atoms with Crippen LogP contribution in [0.1, 0.15) is 58.2 Å². The van der Waals surface area contributed by atoms with Crippen LogP contribution in [0.4, 0.5) is 34.1 Å². The minimum absolute atomic E-state index is 0.0444. The predicted molar refractivity (Wildman–Crippen MR) is 339 cm³/mol. The smallest absolute Gasteiger partial charge is 0.254 e. The number of rotatable bonds is 7. The van der Waals surface area contributed by atoms with Crippen molar-refractivity contribution in [2.75, 3.05) is 9.80 Å². The number of benzene rings is 11. The summed E-state index contributed by atoms with van der Waals surface area (Å²) >= 11 is 1.76. The Morgan fingerprint density at radius 3 is 1.68 bits per heavy atom. The first-order valence-electron chi connectivity index (χ1n) is 29.5. The second-order valence-corrected chi connectivity index (χ2v) is 24.4. The summed E-state index contributed by atoms with van der Waals surface area (Å²) in [5, 5.41) is 4.11. The molecule has 0 fully saturated rings. The molecule has 0 radical (unpaired) electrons. The highest BCUT2D eigenvalue weighted by atomic mass is 32.2. The Labute approximate surface area is 477 Å². The first kappa shape index (κ1) is 44.0. The van der Waals surface area contributed by atoms with E-state index in [2.05, 4.69) is 241 Å². The van der Waals surface area contributed by atoms with Gasteiger partial charge in [0.05, 0.1) is 16.1 Å². The van der Waals surface area contributed by atoms with Crippen LogP contribution in [-0.2, 0) is 10.8 Å². The highest BCUT2D eigenvalue weighted by molar-refractivity contribution is 8.00. The summed E-state index contributed by atoms with van der Waals surface area (Å²) in [4.78, 5) is 6.61. The molecule has 4 heterocycles. The lowest BCUT2D eigenvalue weighted by atomic mass is 9.34. The highest BCUT2D eigenvalue weighted by Gasteiger charge is 2.46. The zero-order chi connectivity index (χ0) is 57.5. The van der Waals surface area contributed by atoms with Crippen molar-refractivity contribution in [2.24, 2.45) is 0 Å². The lowest BCUT2D eigenvalue weighted by Crippen LogP contribution is -2.60. The molecule has 2 aliphatic rings. The number of hydrogen-bond acceptors (Lipinski definition) is 5. The highest BCUT2D eigenvalue weighted by Crippen LogP contribution is 2.53. The third kappa shape index (κ3) is 7.68. The summed E-state index contributed by atoms with van der Waals surface area (Å²) in [6.45, 7) is 13.0. The molecule has 0 saturated carbocycles. The van der Waals surface area contributed by atoms with Gasteiger partial charge in [-0.1, -0.05) is 229 Å². The van der Waals surface area contributed by atoms with E-state index in [0.29, 0.717) is 5.69 Å². The second kappa shape index (κ2) is 18.3. The van der Waals surface area contributed by atoms with E-state index < -0.39 is 0 Å². The van der Waals surface area contributed by atoms with Gasteiger partial charge in [0.15, 0.2) is 0 Å². The number of fused-ring (bicyclic) bond motifs is 13. The maximum Gasteiger partial charge on any atom is 0.254 e. The van der Waals surface area contributed by atoms with Gasteiger partial charge in [0.25, 0.3) is 6.71 Å². The molecule has 0 aliphatic carbocycles. The van der Waals surface area contributed by atoms with Crippen molar-refractivity contribution in [3.8, 4) is 33.4 Å². The molecule has 0 spiro atoms. The average Bonchev–Trinajstić information content (AvgIpc) is 1.35. The molecule has 0 amide bonds. The van der Waals surface area contributed by atoms with Gasteiger partial charge in [-0.25, -0.2) is 0 Å². The number of anilines is 6. The molecule has 0 N–H and O–H groups in total. The summed E-state index contributed by atoms with van der Waals surface area (Å²) in [5.74, 6) is 0. The Morgan fingerprint density at radius 1 is 0.463 bits per heavy atom. The standard InChI is InChI=1S/C74H57BN2O2S/c1-73(2,3)50-35-33-46(34-36-50)49-43-61-67-64(44-49)80-72-68(70-65(57-27-16-18-31-62(57)78-70)66-58-28-17-19-32-63(58)79-71(66)72)75(67)59-42-41-54(76(52-25-14-9-15-26-52)53-39-37-51(38-40-53)74(4,5)6)45-60(59)77(61)69-55(47-21-10-7-11-22-47)29-20-30-56(69)48-23-12-8-13-24-48/h7-45H,1-6H3/i9D,14D,15D,25D. The Kier molecular flexibility index (Phi) is 10.1. The lowest BCUT2D eigenvalue weighted by Gasteiger charge is -2.42. The van der Waals surface area contributed by atoms with Crippen molar-refractivity contribution < 1.29 is 14.3 Å². The summed E-state index contributed by atoms with van der Waals surface area (Å²) in [6.07, 6.45) is 0. The van der Waals surface area contributed by atoms with Gasteiger partial charge in [0.2, 0.25) is 0 Å². The number of hydrogen-bond donors (Lipinski definition) is 0. The lowest BCUT2D eigenvalue weighted by molar-refractivity contribution is 0.590. The van der Waals surface area contributed by atoms with E-state index in [0.717, 1.165) is 137 Å². The van der Waals surface area contributed by atoms with E-state index in [1.165, 1.54) is 5.56 Å². The fourth-order valence-corrected chi connectivity index (χ4v) is 13.8. The second-order valence-electron chi connectivity index (χ2n) is 23.3. The maximum atomic E-state index is 9.60. The van der Waals surface area contributed by atoms with E-state index in [9.17, 15) is 1.37 Å². The van der Waals surface area contributed by atoms with Crippen LogP contribution >= 0.6 is 11.8 Å². The summed E-state index contributed by atoms with van der Waals surface area (Å²) in [7, 11) is 0. The molecule has 0 saturated heterocycles. The molecule has 4 nitrogen and oxygen atoms in total. The Bertz CT molecular complexity index is 4780. The molecule has 0 unspecified atom stereocenters. The van der Waals surface area contributed by atoms with Gasteiger partial charge in [-0.2, -0.15) is 0 Å². The molecule has 0 bridgehead atoms. The van der Waals surface area contributed by atoms with E-state index in [-0.39, 0.29) is 41.7 Å². The predicted octanol–water partition coefficient (Wildman–Crippen LogP) is 19.3.